The van der Waals surface area contributed by atoms with E-state index in [4.69, 9.17) is 11.6 Å². The highest BCUT2D eigenvalue weighted by Gasteiger charge is 2.29. The van der Waals surface area contributed by atoms with Crippen LogP contribution in [0.5, 0.6) is 0 Å². The van der Waals surface area contributed by atoms with Crippen molar-refractivity contribution in [2.45, 2.75) is 31.4 Å². The van der Waals surface area contributed by atoms with E-state index in [0.717, 1.165) is 5.56 Å². The first-order valence-corrected chi connectivity index (χ1v) is 9.07. The molecule has 0 saturated heterocycles. The maximum Gasteiger partial charge on any atom is 0.128 e. The zero-order valence-electron chi connectivity index (χ0n) is 9.46. The van der Waals surface area contributed by atoms with Crippen molar-refractivity contribution in [3.05, 3.63) is 35.9 Å². The SMILES string of the molecule is C[Si](C)(C)C(=O)C(Cl)Cc1ccccc1. The van der Waals surface area contributed by atoms with Crippen LogP contribution in [0.1, 0.15) is 5.56 Å². The first-order chi connectivity index (χ1) is 6.91. The number of halogens is 1. The van der Waals surface area contributed by atoms with Crippen LogP contribution in [0.3, 0.4) is 0 Å². The molecule has 0 aromatic heterocycles. The van der Waals surface area contributed by atoms with Gasteiger partial charge in [-0.1, -0.05) is 50.0 Å². The first-order valence-electron chi connectivity index (χ1n) is 5.13. The largest absolute Gasteiger partial charge is 0.304 e. The second kappa shape index (κ2) is 4.95. The Morgan fingerprint density at radius 1 is 1.27 bits per heavy atom. The molecule has 0 saturated carbocycles. The third-order valence-electron chi connectivity index (χ3n) is 2.28. The van der Waals surface area contributed by atoms with Crippen molar-refractivity contribution in [3.8, 4) is 0 Å². The summed E-state index contributed by atoms with van der Waals surface area (Å²) in [5.41, 5.74) is 1.13. The van der Waals surface area contributed by atoms with E-state index >= 15 is 0 Å². The fourth-order valence-corrected chi connectivity index (χ4v) is 3.59. The van der Waals surface area contributed by atoms with Crippen LogP contribution in [-0.2, 0) is 11.2 Å². The van der Waals surface area contributed by atoms with Gasteiger partial charge in [0.05, 0.1) is 5.38 Å². The van der Waals surface area contributed by atoms with Gasteiger partial charge < -0.3 is 4.79 Å². The molecule has 0 bridgehead atoms. The van der Waals surface area contributed by atoms with Crippen molar-refractivity contribution in [2.24, 2.45) is 0 Å². The van der Waals surface area contributed by atoms with E-state index < -0.39 is 8.07 Å². The van der Waals surface area contributed by atoms with Gasteiger partial charge in [0.25, 0.3) is 0 Å². The summed E-state index contributed by atoms with van der Waals surface area (Å²) >= 11 is 6.14. The maximum absolute atomic E-state index is 11.9. The summed E-state index contributed by atoms with van der Waals surface area (Å²) < 4.78 is 0. The topological polar surface area (TPSA) is 17.1 Å². The van der Waals surface area contributed by atoms with E-state index in [2.05, 4.69) is 0 Å². The minimum absolute atomic E-state index is 0.244. The van der Waals surface area contributed by atoms with Gasteiger partial charge in [0, 0.05) is 0 Å². The van der Waals surface area contributed by atoms with Gasteiger partial charge in [0.1, 0.15) is 13.5 Å². The molecule has 82 valence electrons. The lowest BCUT2D eigenvalue weighted by Crippen LogP contribution is -2.40. The molecule has 15 heavy (non-hydrogen) atoms. The van der Waals surface area contributed by atoms with E-state index in [1.165, 1.54) is 0 Å². The van der Waals surface area contributed by atoms with Gasteiger partial charge in [-0.15, -0.1) is 11.6 Å². The second-order valence-corrected chi connectivity index (χ2v) is 10.3. The molecule has 0 N–H and O–H groups in total. The molecule has 0 radical (unpaired) electrons. The van der Waals surface area contributed by atoms with Crippen LogP contribution in [0.4, 0.5) is 0 Å². The lowest BCUT2D eigenvalue weighted by molar-refractivity contribution is -0.112. The second-order valence-electron chi connectivity index (χ2n) is 4.77. The highest BCUT2D eigenvalue weighted by molar-refractivity contribution is 7.05. The van der Waals surface area contributed by atoms with Crippen LogP contribution >= 0.6 is 11.6 Å². The normalized spacial score (nSPS) is 13.6. The summed E-state index contributed by atoms with van der Waals surface area (Å²) in [6.07, 6.45) is 0.644. The van der Waals surface area contributed by atoms with Crippen LogP contribution in [-0.4, -0.2) is 18.9 Å². The highest BCUT2D eigenvalue weighted by Crippen LogP contribution is 2.15. The summed E-state index contributed by atoms with van der Waals surface area (Å²) in [6.45, 7) is 6.11. The van der Waals surface area contributed by atoms with Crippen molar-refractivity contribution in [1.29, 1.82) is 0 Å². The van der Waals surface area contributed by atoms with Gasteiger partial charge in [-0.05, 0) is 12.0 Å². The third-order valence-corrected chi connectivity index (χ3v) is 4.64. The van der Waals surface area contributed by atoms with E-state index in [9.17, 15) is 4.79 Å². The number of benzene rings is 1. The molecule has 0 fully saturated rings. The molecule has 0 aliphatic heterocycles. The van der Waals surface area contributed by atoms with Crippen LogP contribution in [0.25, 0.3) is 0 Å². The van der Waals surface area contributed by atoms with Crippen molar-refractivity contribution in [2.75, 3.05) is 0 Å². The van der Waals surface area contributed by atoms with E-state index in [1.54, 1.807) is 0 Å². The quantitative estimate of drug-likeness (QED) is 0.583. The molecule has 0 aliphatic carbocycles. The number of hydrogen-bond acceptors (Lipinski definition) is 1. The Bertz CT molecular complexity index is 329. The van der Waals surface area contributed by atoms with Crippen LogP contribution in [0.2, 0.25) is 19.6 Å². The minimum atomic E-state index is -1.75. The van der Waals surface area contributed by atoms with Crippen molar-refractivity contribution < 1.29 is 4.79 Å². The minimum Gasteiger partial charge on any atom is -0.304 e. The van der Waals surface area contributed by atoms with Gasteiger partial charge in [-0.3, -0.25) is 0 Å². The molecule has 0 aliphatic rings. The van der Waals surface area contributed by atoms with Crippen LogP contribution in [0.15, 0.2) is 30.3 Å². The van der Waals surface area contributed by atoms with E-state index in [-0.39, 0.29) is 10.8 Å². The number of alkyl halides is 1. The average Bonchev–Trinajstić information content (AvgIpc) is 2.16. The highest BCUT2D eigenvalue weighted by atomic mass is 35.5. The smallest absolute Gasteiger partial charge is 0.128 e. The van der Waals surface area contributed by atoms with Crippen LogP contribution < -0.4 is 0 Å². The molecule has 0 spiro atoms. The number of carbonyl (C=O) groups excluding carboxylic acids is 1. The van der Waals surface area contributed by atoms with E-state index in [1.807, 2.05) is 50.0 Å². The average molecular weight is 241 g/mol. The molecule has 1 nitrogen and oxygen atoms in total. The third kappa shape index (κ3) is 3.80. The Hall–Kier alpha value is -0.603. The summed E-state index contributed by atoms with van der Waals surface area (Å²) in [6, 6.07) is 9.92. The Morgan fingerprint density at radius 2 is 1.80 bits per heavy atom. The Kier molecular flexibility index (Phi) is 4.11. The number of rotatable bonds is 4. The predicted octanol–water partition coefficient (Wildman–Crippen LogP) is 3.28. The van der Waals surface area contributed by atoms with Gasteiger partial charge in [-0.2, -0.15) is 0 Å². The van der Waals surface area contributed by atoms with Crippen LogP contribution in [0, 0.1) is 0 Å². The lowest BCUT2D eigenvalue weighted by atomic mass is 10.1. The Balaban J connectivity index is 2.65. The van der Waals surface area contributed by atoms with Gasteiger partial charge in [-0.25, -0.2) is 0 Å². The summed E-state index contributed by atoms with van der Waals surface area (Å²) in [7, 11) is -1.75. The summed E-state index contributed by atoms with van der Waals surface area (Å²) in [5, 5.41) is -0.118. The fourth-order valence-electron chi connectivity index (χ4n) is 1.38. The zero-order valence-corrected chi connectivity index (χ0v) is 11.2. The van der Waals surface area contributed by atoms with Crippen molar-refractivity contribution in [1.82, 2.24) is 0 Å². The predicted molar refractivity (Wildman–Crippen MR) is 68.1 cm³/mol. The first kappa shape index (κ1) is 12.5. The molecule has 0 amide bonds. The maximum atomic E-state index is 11.9. The van der Waals surface area contributed by atoms with Gasteiger partial charge >= 0.3 is 0 Å². The summed E-state index contributed by atoms with van der Waals surface area (Å²) in [5.74, 6) is 0. The van der Waals surface area contributed by atoms with Crippen molar-refractivity contribution >= 4 is 25.1 Å². The molecule has 1 aromatic rings. The molecule has 1 rings (SSSR count). The Morgan fingerprint density at radius 3 is 2.27 bits per heavy atom. The fraction of sp³-hybridized carbons (Fsp3) is 0.417. The molecular weight excluding hydrogens is 224 g/mol. The summed E-state index contributed by atoms with van der Waals surface area (Å²) in [4.78, 5) is 11.9. The van der Waals surface area contributed by atoms with Gasteiger partial charge in [0.2, 0.25) is 0 Å². The van der Waals surface area contributed by atoms with E-state index in [0.29, 0.717) is 6.42 Å². The number of carbonyl (C=O) groups is 1. The molecule has 1 unspecified atom stereocenters. The Labute approximate surface area is 97.5 Å². The number of hydrogen-bond donors (Lipinski definition) is 0. The lowest BCUT2D eigenvalue weighted by Gasteiger charge is -2.18. The zero-order chi connectivity index (χ0) is 11.5. The molecule has 3 heteroatoms. The monoisotopic (exact) mass is 240 g/mol. The van der Waals surface area contributed by atoms with Gasteiger partial charge in [0.15, 0.2) is 0 Å². The molecule has 0 heterocycles. The standard InChI is InChI=1S/C12H17ClOSi/c1-15(2,3)12(14)11(13)9-10-7-5-4-6-8-10/h4-8,11H,9H2,1-3H3. The van der Waals surface area contributed by atoms with Crippen molar-refractivity contribution in [3.63, 3.8) is 0 Å². The molecule has 1 aromatic carbocycles. The molecular formula is C12H17ClOSi. The molecule has 1 atom stereocenters.